The summed E-state index contributed by atoms with van der Waals surface area (Å²) < 4.78 is 4.12. The lowest BCUT2D eigenvalue weighted by Crippen LogP contribution is -2.27. The van der Waals surface area contributed by atoms with Crippen LogP contribution in [0.2, 0.25) is 0 Å². The predicted octanol–water partition coefficient (Wildman–Crippen LogP) is 3.79. The molecule has 0 aliphatic heterocycles. The fourth-order valence-corrected chi connectivity index (χ4v) is 3.64. The second-order valence-electron chi connectivity index (χ2n) is 6.84. The molecule has 0 saturated heterocycles. The van der Waals surface area contributed by atoms with Gasteiger partial charge in [-0.05, 0) is 41.9 Å². The molecule has 4 aromatic rings. The van der Waals surface area contributed by atoms with Gasteiger partial charge < -0.3 is 15.5 Å². The molecule has 158 valence electrons. The van der Waals surface area contributed by atoms with Crippen molar-refractivity contribution in [2.75, 3.05) is 24.2 Å². The summed E-state index contributed by atoms with van der Waals surface area (Å²) >= 11 is 1.14. The van der Waals surface area contributed by atoms with Gasteiger partial charge in [0.2, 0.25) is 0 Å². The maximum atomic E-state index is 12.9. The SMILES string of the molecule is C#CCN(C)C(=O)c1cccc(NC(=O)c2cnsc2Nc2cnc3ccccc3n2)c1. The normalized spacial score (nSPS) is 10.4. The molecule has 32 heavy (non-hydrogen) atoms. The summed E-state index contributed by atoms with van der Waals surface area (Å²) in [4.78, 5) is 35.6. The average molecular weight is 443 g/mol. The van der Waals surface area contributed by atoms with Gasteiger partial charge in [-0.3, -0.25) is 14.6 Å². The molecule has 9 heteroatoms. The molecule has 2 aromatic heterocycles. The van der Waals surface area contributed by atoms with Crippen LogP contribution in [-0.2, 0) is 0 Å². The standard InChI is InChI=1S/C23H18N6O2S/c1-3-11-29(2)23(31)15-7-6-8-16(12-15)26-21(30)17-13-25-32-22(17)28-20-14-24-18-9-4-5-10-19(18)27-20/h1,4-10,12-14H,11H2,2H3,(H,26,30)(H,27,28). The number of terminal acetylenes is 1. The van der Waals surface area contributed by atoms with Crippen LogP contribution in [0.4, 0.5) is 16.5 Å². The third-order valence-corrected chi connectivity index (χ3v) is 5.26. The first-order valence-electron chi connectivity index (χ1n) is 9.59. The summed E-state index contributed by atoms with van der Waals surface area (Å²) in [6.07, 6.45) is 8.35. The number of aromatic nitrogens is 3. The minimum absolute atomic E-state index is 0.197. The number of anilines is 3. The van der Waals surface area contributed by atoms with Crippen LogP contribution in [0, 0.1) is 12.3 Å². The Balaban J connectivity index is 1.50. The van der Waals surface area contributed by atoms with Gasteiger partial charge in [-0.2, -0.15) is 4.37 Å². The number of carbonyl (C=O) groups excluding carboxylic acids is 2. The number of para-hydroxylation sites is 2. The van der Waals surface area contributed by atoms with E-state index in [1.54, 1.807) is 37.5 Å². The zero-order valence-electron chi connectivity index (χ0n) is 17.1. The Kier molecular flexibility index (Phi) is 6.05. The van der Waals surface area contributed by atoms with E-state index >= 15 is 0 Å². The number of hydrogen-bond acceptors (Lipinski definition) is 7. The van der Waals surface area contributed by atoms with Crippen LogP contribution >= 0.6 is 11.5 Å². The van der Waals surface area contributed by atoms with Crippen molar-refractivity contribution in [1.82, 2.24) is 19.2 Å². The number of fused-ring (bicyclic) bond motifs is 1. The number of rotatable bonds is 6. The minimum atomic E-state index is -0.364. The van der Waals surface area contributed by atoms with Crippen molar-refractivity contribution >= 4 is 50.9 Å². The Morgan fingerprint density at radius 3 is 2.75 bits per heavy atom. The second-order valence-corrected chi connectivity index (χ2v) is 7.64. The number of amides is 2. The quantitative estimate of drug-likeness (QED) is 0.441. The molecular formula is C23H18N6O2S. The topological polar surface area (TPSA) is 100 Å². The van der Waals surface area contributed by atoms with Crippen LogP contribution in [0.1, 0.15) is 20.7 Å². The van der Waals surface area contributed by atoms with Gasteiger partial charge in [0.25, 0.3) is 11.8 Å². The van der Waals surface area contributed by atoms with E-state index in [0.29, 0.717) is 27.6 Å². The van der Waals surface area contributed by atoms with Gasteiger partial charge in [-0.1, -0.05) is 24.1 Å². The van der Waals surface area contributed by atoms with Crippen molar-refractivity contribution in [2.24, 2.45) is 0 Å². The van der Waals surface area contributed by atoms with Gasteiger partial charge in [0, 0.05) is 18.3 Å². The van der Waals surface area contributed by atoms with Gasteiger partial charge in [-0.15, -0.1) is 6.42 Å². The molecule has 2 N–H and O–H groups in total. The highest BCUT2D eigenvalue weighted by Crippen LogP contribution is 2.26. The molecule has 2 amide bonds. The highest BCUT2D eigenvalue weighted by molar-refractivity contribution is 7.10. The molecule has 0 spiro atoms. The summed E-state index contributed by atoms with van der Waals surface area (Å²) in [6, 6.07) is 14.2. The Morgan fingerprint density at radius 2 is 1.94 bits per heavy atom. The van der Waals surface area contributed by atoms with E-state index in [9.17, 15) is 9.59 Å². The van der Waals surface area contributed by atoms with Crippen LogP contribution < -0.4 is 10.6 Å². The Hall–Kier alpha value is -4.29. The van der Waals surface area contributed by atoms with Crippen LogP contribution in [0.3, 0.4) is 0 Å². The van der Waals surface area contributed by atoms with Gasteiger partial charge >= 0.3 is 0 Å². The molecule has 0 atom stereocenters. The first-order chi connectivity index (χ1) is 15.5. The van der Waals surface area contributed by atoms with Crippen molar-refractivity contribution in [2.45, 2.75) is 0 Å². The summed E-state index contributed by atoms with van der Waals surface area (Å²) in [5, 5.41) is 6.45. The Bertz CT molecular complexity index is 1340. The molecule has 0 fully saturated rings. The van der Waals surface area contributed by atoms with Crippen LogP contribution in [0.25, 0.3) is 11.0 Å². The number of hydrogen-bond donors (Lipinski definition) is 2. The van der Waals surface area contributed by atoms with E-state index in [-0.39, 0.29) is 18.4 Å². The third kappa shape index (κ3) is 4.55. The lowest BCUT2D eigenvalue weighted by atomic mass is 10.1. The van der Waals surface area contributed by atoms with E-state index < -0.39 is 0 Å². The van der Waals surface area contributed by atoms with Gasteiger partial charge in [0.15, 0.2) is 0 Å². The zero-order valence-corrected chi connectivity index (χ0v) is 17.9. The number of benzene rings is 2. The van der Waals surface area contributed by atoms with Crippen molar-refractivity contribution in [1.29, 1.82) is 0 Å². The molecule has 0 unspecified atom stereocenters. The van der Waals surface area contributed by atoms with Crippen molar-refractivity contribution in [3.63, 3.8) is 0 Å². The first kappa shape index (κ1) is 21.0. The van der Waals surface area contributed by atoms with Gasteiger partial charge in [-0.25, -0.2) is 4.98 Å². The lowest BCUT2D eigenvalue weighted by molar-refractivity contribution is 0.0812. The largest absolute Gasteiger partial charge is 0.331 e. The van der Waals surface area contributed by atoms with Crippen molar-refractivity contribution < 1.29 is 9.59 Å². The molecule has 0 radical (unpaired) electrons. The Morgan fingerprint density at radius 1 is 1.12 bits per heavy atom. The summed E-state index contributed by atoms with van der Waals surface area (Å²) in [5.74, 6) is 2.35. The van der Waals surface area contributed by atoms with E-state index in [1.807, 2.05) is 24.3 Å². The average Bonchev–Trinajstić information content (AvgIpc) is 3.27. The molecule has 4 rings (SSSR count). The van der Waals surface area contributed by atoms with Gasteiger partial charge in [0.1, 0.15) is 10.8 Å². The maximum absolute atomic E-state index is 12.9. The molecule has 0 saturated carbocycles. The first-order valence-corrected chi connectivity index (χ1v) is 10.4. The summed E-state index contributed by atoms with van der Waals surface area (Å²) in [7, 11) is 1.62. The molecule has 8 nitrogen and oxygen atoms in total. The fourth-order valence-electron chi connectivity index (χ4n) is 2.98. The zero-order chi connectivity index (χ0) is 22.5. The molecule has 0 bridgehead atoms. The van der Waals surface area contributed by atoms with Crippen LogP contribution in [0.5, 0.6) is 0 Å². The third-order valence-electron chi connectivity index (χ3n) is 4.55. The lowest BCUT2D eigenvalue weighted by Gasteiger charge is -2.14. The molecular weight excluding hydrogens is 424 g/mol. The summed E-state index contributed by atoms with van der Waals surface area (Å²) in [5.41, 5.74) is 2.78. The number of nitrogens with zero attached hydrogens (tertiary/aromatic N) is 4. The molecule has 2 aromatic carbocycles. The fraction of sp³-hybridized carbons (Fsp3) is 0.0870. The van der Waals surface area contributed by atoms with Crippen molar-refractivity contribution in [3.05, 3.63) is 72.1 Å². The smallest absolute Gasteiger partial charge is 0.260 e. The highest BCUT2D eigenvalue weighted by atomic mass is 32.1. The predicted molar refractivity (Wildman–Crippen MR) is 125 cm³/mol. The van der Waals surface area contributed by atoms with E-state index in [2.05, 4.69) is 30.9 Å². The molecule has 2 heterocycles. The number of carbonyl (C=O) groups is 2. The monoisotopic (exact) mass is 442 g/mol. The molecule has 0 aliphatic carbocycles. The van der Waals surface area contributed by atoms with E-state index in [0.717, 1.165) is 22.6 Å². The van der Waals surface area contributed by atoms with Crippen LogP contribution in [0.15, 0.2) is 60.9 Å². The van der Waals surface area contributed by atoms with Crippen molar-refractivity contribution in [3.8, 4) is 12.3 Å². The van der Waals surface area contributed by atoms with E-state index in [1.165, 1.54) is 11.1 Å². The Labute approximate surface area is 188 Å². The number of nitrogens with one attached hydrogen (secondary N) is 2. The van der Waals surface area contributed by atoms with Gasteiger partial charge in [0.05, 0.1) is 35.5 Å². The van der Waals surface area contributed by atoms with Crippen LogP contribution in [-0.4, -0.2) is 44.6 Å². The molecule has 0 aliphatic rings. The maximum Gasteiger partial charge on any atom is 0.260 e. The minimum Gasteiger partial charge on any atom is -0.331 e. The highest BCUT2D eigenvalue weighted by Gasteiger charge is 2.17. The van der Waals surface area contributed by atoms with E-state index in [4.69, 9.17) is 6.42 Å². The summed E-state index contributed by atoms with van der Waals surface area (Å²) in [6.45, 7) is 0.197. The second kappa shape index (κ2) is 9.24.